The second kappa shape index (κ2) is 6.32. The number of hydrogen-bond acceptors (Lipinski definition) is 2. The summed E-state index contributed by atoms with van der Waals surface area (Å²) in [6, 6.07) is 8.55. The fourth-order valence-electron chi connectivity index (χ4n) is 2.99. The fraction of sp³-hybridized carbons (Fsp3) is 0.412. The zero-order chi connectivity index (χ0) is 15.5. The standard InChI is InChI=1S/C17H22N4O/c1-14-5-3-4-6-15(14)13-20-7-9-21(10-8-20)17(22)16-11-18-19(2)12-16/h3-6,11-12H,7-10,13H2,1-2H3/p+1. The van der Waals surface area contributed by atoms with Gasteiger partial charge in [-0.25, -0.2) is 0 Å². The molecule has 1 saturated heterocycles. The fourth-order valence-corrected chi connectivity index (χ4v) is 2.99. The van der Waals surface area contributed by atoms with Gasteiger partial charge in [0.1, 0.15) is 6.54 Å². The predicted molar refractivity (Wildman–Crippen MR) is 84.7 cm³/mol. The topological polar surface area (TPSA) is 42.6 Å². The molecule has 22 heavy (non-hydrogen) atoms. The zero-order valence-corrected chi connectivity index (χ0v) is 13.2. The molecule has 1 aromatic heterocycles. The maximum absolute atomic E-state index is 12.4. The van der Waals surface area contributed by atoms with Crippen molar-refractivity contribution in [3.8, 4) is 0 Å². The highest BCUT2D eigenvalue weighted by Gasteiger charge is 2.25. The summed E-state index contributed by atoms with van der Waals surface area (Å²) in [6.45, 7) is 6.84. The van der Waals surface area contributed by atoms with Crippen LogP contribution in [0.3, 0.4) is 0 Å². The van der Waals surface area contributed by atoms with E-state index in [1.807, 2.05) is 11.9 Å². The minimum Gasteiger partial charge on any atom is -0.328 e. The number of amides is 1. The molecule has 1 fully saturated rings. The molecule has 0 unspecified atom stereocenters. The highest BCUT2D eigenvalue weighted by atomic mass is 16.2. The number of nitrogens with one attached hydrogen (secondary N) is 1. The lowest BCUT2D eigenvalue weighted by molar-refractivity contribution is -0.917. The molecule has 0 saturated carbocycles. The van der Waals surface area contributed by atoms with E-state index in [4.69, 9.17) is 0 Å². The van der Waals surface area contributed by atoms with Gasteiger partial charge in [0.2, 0.25) is 0 Å². The summed E-state index contributed by atoms with van der Waals surface area (Å²) in [4.78, 5) is 15.9. The highest BCUT2D eigenvalue weighted by molar-refractivity contribution is 5.93. The number of carbonyl (C=O) groups is 1. The van der Waals surface area contributed by atoms with Crippen LogP contribution in [0.1, 0.15) is 21.5 Å². The summed E-state index contributed by atoms with van der Waals surface area (Å²) in [6.07, 6.45) is 3.43. The quantitative estimate of drug-likeness (QED) is 0.884. The summed E-state index contributed by atoms with van der Waals surface area (Å²) in [7, 11) is 1.83. The Morgan fingerprint density at radius 3 is 2.64 bits per heavy atom. The molecule has 2 aromatic rings. The first-order valence-corrected chi connectivity index (χ1v) is 7.79. The van der Waals surface area contributed by atoms with E-state index in [1.165, 1.54) is 11.1 Å². The summed E-state index contributed by atoms with van der Waals surface area (Å²) in [5.74, 6) is 0.100. The third kappa shape index (κ3) is 3.20. The van der Waals surface area contributed by atoms with Crippen molar-refractivity contribution in [3.63, 3.8) is 0 Å². The van der Waals surface area contributed by atoms with E-state index >= 15 is 0 Å². The number of aryl methyl sites for hydroxylation is 2. The molecule has 2 heterocycles. The van der Waals surface area contributed by atoms with Crippen LogP contribution in [0.5, 0.6) is 0 Å². The number of piperazine rings is 1. The maximum Gasteiger partial charge on any atom is 0.257 e. The van der Waals surface area contributed by atoms with Crippen LogP contribution >= 0.6 is 0 Å². The molecule has 0 atom stereocenters. The molecule has 3 rings (SSSR count). The van der Waals surface area contributed by atoms with Crippen molar-refractivity contribution in [2.75, 3.05) is 26.2 Å². The lowest BCUT2D eigenvalue weighted by Crippen LogP contribution is -3.13. The van der Waals surface area contributed by atoms with Crippen molar-refractivity contribution in [1.82, 2.24) is 14.7 Å². The van der Waals surface area contributed by atoms with Gasteiger partial charge in [0, 0.05) is 18.8 Å². The van der Waals surface area contributed by atoms with Crippen molar-refractivity contribution >= 4 is 5.91 Å². The molecule has 1 amide bonds. The molecular formula is C17H23N4O+. The van der Waals surface area contributed by atoms with Crippen LogP contribution in [0.2, 0.25) is 0 Å². The number of rotatable bonds is 3. The van der Waals surface area contributed by atoms with Gasteiger partial charge in [0.05, 0.1) is 37.9 Å². The molecule has 0 aliphatic carbocycles. The van der Waals surface area contributed by atoms with Gasteiger partial charge in [-0.3, -0.25) is 9.48 Å². The van der Waals surface area contributed by atoms with Crippen LogP contribution in [0.25, 0.3) is 0 Å². The van der Waals surface area contributed by atoms with Gasteiger partial charge in [-0.05, 0) is 12.5 Å². The van der Waals surface area contributed by atoms with Gasteiger partial charge in [0.15, 0.2) is 0 Å². The van der Waals surface area contributed by atoms with Crippen molar-refractivity contribution in [1.29, 1.82) is 0 Å². The molecule has 0 bridgehead atoms. The lowest BCUT2D eigenvalue weighted by Gasteiger charge is -2.32. The minimum atomic E-state index is 0.100. The van der Waals surface area contributed by atoms with Crippen molar-refractivity contribution in [2.24, 2.45) is 7.05 Å². The van der Waals surface area contributed by atoms with E-state index in [2.05, 4.69) is 36.3 Å². The van der Waals surface area contributed by atoms with Crippen LogP contribution in [0, 0.1) is 6.92 Å². The molecule has 1 N–H and O–H groups in total. The Hall–Kier alpha value is -2.14. The summed E-state index contributed by atoms with van der Waals surface area (Å²) in [5, 5.41) is 4.08. The van der Waals surface area contributed by atoms with Gasteiger partial charge in [0.25, 0.3) is 5.91 Å². The number of benzene rings is 1. The average molecular weight is 299 g/mol. The third-order valence-electron chi connectivity index (χ3n) is 4.41. The predicted octanol–water partition coefficient (Wildman–Crippen LogP) is 0.269. The van der Waals surface area contributed by atoms with E-state index in [-0.39, 0.29) is 5.91 Å². The van der Waals surface area contributed by atoms with Gasteiger partial charge >= 0.3 is 0 Å². The molecule has 0 spiro atoms. The van der Waals surface area contributed by atoms with E-state index in [9.17, 15) is 4.79 Å². The lowest BCUT2D eigenvalue weighted by atomic mass is 10.1. The first kappa shape index (κ1) is 14.8. The Bertz CT molecular complexity index is 656. The first-order valence-electron chi connectivity index (χ1n) is 7.79. The molecule has 116 valence electrons. The normalized spacial score (nSPS) is 16.0. The van der Waals surface area contributed by atoms with Crippen molar-refractivity contribution in [3.05, 3.63) is 53.3 Å². The molecule has 1 aliphatic rings. The minimum absolute atomic E-state index is 0.100. The van der Waals surface area contributed by atoms with Crippen LogP contribution in [0.15, 0.2) is 36.7 Å². The largest absolute Gasteiger partial charge is 0.328 e. The third-order valence-corrected chi connectivity index (χ3v) is 4.41. The Morgan fingerprint density at radius 1 is 1.27 bits per heavy atom. The smallest absolute Gasteiger partial charge is 0.257 e. The molecule has 1 aliphatic heterocycles. The molecule has 5 heteroatoms. The van der Waals surface area contributed by atoms with E-state index in [0.717, 1.165) is 32.7 Å². The van der Waals surface area contributed by atoms with Crippen LogP contribution < -0.4 is 4.90 Å². The van der Waals surface area contributed by atoms with Crippen LogP contribution in [0.4, 0.5) is 0 Å². The molecule has 0 radical (unpaired) electrons. The number of aromatic nitrogens is 2. The summed E-state index contributed by atoms with van der Waals surface area (Å²) < 4.78 is 1.67. The van der Waals surface area contributed by atoms with Gasteiger partial charge in [-0.2, -0.15) is 5.10 Å². The number of carbonyl (C=O) groups excluding carboxylic acids is 1. The van der Waals surface area contributed by atoms with E-state index < -0.39 is 0 Å². The Labute approximate surface area is 131 Å². The monoisotopic (exact) mass is 299 g/mol. The van der Waals surface area contributed by atoms with E-state index in [0.29, 0.717) is 5.56 Å². The Balaban J connectivity index is 1.56. The van der Waals surface area contributed by atoms with Crippen molar-refractivity contribution < 1.29 is 9.69 Å². The molecular weight excluding hydrogens is 276 g/mol. The summed E-state index contributed by atoms with van der Waals surface area (Å²) >= 11 is 0. The number of quaternary nitrogens is 1. The number of nitrogens with zero attached hydrogens (tertiary/aromatic N) is 3. The van der Waals surface area contributed by atoms with E-state index in [1.54, 1.807) is 22.0 Å². The first-order chi connectivity index (χ1) is 10.6. The SMILES string of the molecule is Cc1ccccc1C[NH+]1CCN(C(=O)c2cnn(C)c2)CC1. The van der Waals surface area contributed by atoms with Crippen LogP contribution in [-0.4, -0.2) is 46.8 Å². The second-order valence-electron chi connectivity index (χ2n) is 6.05. The van der Waals surface area contributed by atoms with Crippen molar-refractivity contribution in [2.45, 2.75) is 13.5 Å². The zero-order valence-electron chi connectivity index (χ0n) is 13.2. The van der Waals surface area contributed by atoms with Gasteiger partial charge < -0.3 is 9.80 Å². The maximum atomic E-state index is 12.4. The summed E-state index contributed by atoms with van der Waals surface area (Å²) in [5.41, 5.74) is 3.44. The highest BCUT2D eigenvalue weighted by Crippen LogP contribution is 2.06. The molecule has 5 nitrogen and oxygen atoms in total. The van der Waals surface area contributed by atoms with Gasteiger partial charge in [-0.1, -0.05) is 24.3 Å². The Morgan fingerprint density at radius 2 is 2.00 bits per heavy atom. The average Bonchev–Trinajstić information content (AvgIpc) is 2.96. The van der Waals surface area contributed by atoms with Crippen LogP contribution in [-0.2, 0) is 13.6 Å². The number of hydrogen-bond donors (Lipinski definition) is 1. The second-order valence-corrected chi connectivity index (χ2v) is 6.05. The molecule has 1 aromatic carbocycles. The Kier molecular flexibility index (Phi) is 4.24. The van der Waals surface area contributed by atoms with Gasteiger partial charge in [-0.15, -0.1) is 0 Å².